The molecule has 7 heteroatoms. The standard InChI is InChI=1S/C20H16ClN3O3/c1-11-3-7-14(8-4-11)23-19(26)16-17(12(2)25)22-24(18(16)20(23)27)15-9-5-13(21)6-10-15/h3-10,16,18H,1-2H3/t16-,18-/m0/s1. The number of imide groups is 1. The minimum atomic E-state index is -0.910. The van der Waals surface area contributed by atoms with Gasteiger partial charge in [0.2, 0.25) is 5.91 Å². The first-order chi connectivity index (χ1) is 12.9. The first kappa shape index (κ1) is 17.4. The number of Topliss-reactive ketones (excluding diaryl/α,β-unsaturated/α-hetero) is 1. The van der Waals surface area contributed by atoms with Crippen LogP contribution in [0.3, 0.4) is 0 Å². The monoisotopic (exact) mass is 381 g/mol. The lowest BCUT2D eigenvalue weighted by atomic mass is 9.95. The molecule has 0 bridgehead atoms. The summed E-state index contributed by atoms with van der Waals surface area (Å²) in [5, 5.41) is 6.30. The average molecular weight is 382 g/mol. The molecule has 2 atom stereocenters. The molecular formula is C20H16ClN3O3. The lowest BCUT2D eigenvalue weighted by Crippen LogP contribution is -2.39. The van der Waals surface area contributed by atoms with E-state index in [0.717, 1.165) is 10.5 Å². The quantitative estimate of drug-likeness (QED) is 0.766. The fourth-order valence-corrected chi connectivity index (χ4v) is 3.59. The van der Waals surface area contributed by atoms with Gasteiger partial charge in [-0.2, -0.15) is 5.10 Å². The molecule has 2 heterocycles. The molecule has 6 nitrogen and oxygen atoms in total. The third kappa shape index (κ3) is 2.73. The number of rotatable bonds is 3. The second kappa shape index (κ2) is 6.32. The Kier molecular flexibility index (Phi) is 4.08. The molecule has 2 aromatic carbocycles. The molecule has 2 aromatic rings. The first-order valence-corrected chi connectivity index (χ1v) is 8.85. The van der Waals surface area contributed by atoms with Crippen LogP contribution in [0.2, 0.25) is 5.02 Å². The molecule has 1 fully saturated rings. The molecule has 0 N–H and O–H groups in total. The van der Waals surface area contributed by atoms with Crippen molar-refractivity contribution in [3.8, 4) is 0 Å². The summed E-state index contributed by atoms with van der Waals surface area (Å²) in [6.45, 7) is 3.28. The van der Waals surface area contributed by atoms with Crippen LogP contribution in [0, 0.1) is 12.8 Å². The molecule has 0 saturated carbocycles. The van der Waals surface area contributed by atoms with Crippen molar-refractivity contribution in [1.29, 1.82) is 0 Å². The maximum atomic E-state index is 13.2. The number of hydrogen-bond donors (Lipinski definition) is 0. The third-order valence-electron chi connectivity index (χ3n) is 4.79. The number of hydrogen-bond acceptors (Lipinski definition) is 5. The van der Waals surface area contributed by atoms with Gasteiger partial charge in [-0.3, -0.25) is 19.4 Å². The second-order valence-electron chi connectivity index (χ2n) is 6.63. The molecule has 0 aromatic heterocycles. The van der Waals surface area contributed by atoms with Gasteiger partial charge in [0.05, 0.1) is 11.4 Å². The van der Waals surface area contributed by atoms with Gasteiger partial charge in [0, 0.05) is 11.9 Å². The Labute approximate surface area is 161 Å². The largest absolute Gasteiger partial charge is 0.293 e. The molecule has 27 heavy (non-hydrogen) atoms. The summed E-state index contributed by atoms with van der Waals surface area (Å²) in [6.07, 6.45) is 0. The molecule has 2 aliphatic rings. The minimum absolute atomic E-state index is 0.0999. The molecule has 0 aliphatic carbocycles. The number of halogens is 1. The lowest BCUT2D eigenvalue weighted by Gasteiger charge is -2.22. The minimum Gasteiger partial charge on any atom is -0.293 e. The Morgan fingerprint density at radius 3 is 2.15 bits per heavy atom. The molecule has 0 radical (unpaired) electrons. The van der Waals surface area contributed by atoms with Crippen LogP contribution in [0.25, 0.3) is 0 Å². The van der Waals surface area contributed by atoms with E-state index in [2.05, 4.69) is 5.10 Å². The van der Waals surface area contributed by atoms with Gasteiger partial charge in [-0.15, -0.1) is 0 Å². The van der Waals surface area contributed by atoms with Crippen molar-refractivity contribution in [2.24, 2.45) is 11.0 Å². The average Bonchev–Trinajstić information content (AvgIpc) is 3.15. The molecular weight excluding hydrogens is 366 g/mol. The zero-order valence-corrected chi connectivity index (χ0v) is 15.5. The zero-order chi connectivity index (χ0) is 19.3. The Hall–Kier alpha value is -2.99. The normalized spacial score (nSPS) is 21.5. The summed E-state index contributed by atoms with van der Waals surface area (Å²) < 4.78 is 0. The van der Waals surface area contributed by atoms with Crippen molar-refractivity contribution in [2.45, 2.75) is 19.9 Å². The van der Waals surface area contributed by atoms with Crippen molar-refractivity contribution < 1.29 is 14.4 Å². The highest BCUT2D eigenvalue weighted by Crippen LogP contribution is 2.38. The van der Waals surface area contributed by atoms with Gasteiger partial charge in [0.15, 0.2) is 5.78 Å². The van der Waals surface area contributed by atoms with Gasteiger partial charge >= 0.3 is 0 Å². The van der Waals surface area contributed by atoms with Crippen molar-refractivity contribution in [3.05, 3.63) is 59.1 Å². The van der Waals surface area contributed by atoms with Crippen molar-refractivity contribution in [3.63, 3.8) is 0 Å². The Morgan fingerprint density at radius 1 is 0.963 bits per heavy atom. The van der Waals surface area contributed by atoms with E-state index < -0.39 is 23.8 Å². The summed E-state index contributed by atoms with van der Waals surface area (Å²) in [4.78, 5) is 39.5. The van der Waals surface area contributed by atoms with E-state index in [1.165, 1.54) is 11.9 Å². The van der Waals surface area contributed by atoms with Crippen molar-refractivity contribution in [2.75, 3.05) is 9.91 Å². The van der Waals surface area contributed by atoms with Gasteiger partial charge < -0.3 is 0 Å². The summed E-state index contributed by atoms with van der Waals surface area (Å²) in [6, 6.07) is 13.0. The van der Waals surface area contributed by atoms with Crippen LogP contribution in [0.15, 0.2) is 53.6 Å². The fraction of sp³-hybridized carbons (Fsp3) is 0.200. The number of aryl methyl sites for hydroxylation is 1. The van der Waals surface area contributed by atoms with Crippen LogP contribution >= 0.6 is 11.6 Å². The predicted octanol–water partition coefficient (Wildman–Crippen LogP) is 2.97. The molecule has 1 saturated heterocycles. The number of hydrazone groups is 1. The van der Waals surface area contributed by atoms with E-state index in [-0.39, 0.29) is 11.5 Å². The van der Waals surface area contributed by atoms with Gasteiger partial charge in [-0.1, -0.05) is 29.3 Å². The number of carbonyl (C=O) groups excluding carboxylic acids is 3. The summed E-state index contributed by atoms with van der Waals surface area (Å²) in [5.41, 5.74) is 2.20. The third-order valence-corrected chi connectivity index (χ3v) is 5.05. The maximum absolute atomic E-state index is 13.2. The Morgan fingerprint density at radius 2 is 1.56 bits per heavy atom. The molecule has 136 valence electrons. The van der Waals surface area contributed by atoms with E-state index in [9.17, 15) is 14.4 Å². The van der Waals surface area contributed by atoms with Gasteiger partial charge in [-0.25, -0.2) is 4.90 Å². The number of carbonyl (C=O) groups is 3. The lowest BCUT2D eigenvalue weighted by molar-refractivity contribution is -0.122. The van der Waals surface area contributed by atoms with Crippen LogP contribution < -0.4 is 9.91 Å². The highest BCUT2D eigenvalue weighted by molar-refractivity contribution is 6.48. The van der Waals surface area contributed by atoms with Gasteiger partial charge in [0.1, 0.15) is 17.7 Å². The second-order valence-corrected chi connectivity index (χ2v) is 7.07. The molecule has 2 amide bonds. The van der Waals surface area contributed by atoms with Crippen molar-refractivity contribution >= 4 is 46.3 Å². The topological polar surface area (TPSA) is 70.1 Å². The van der Waals surface area contributed by atoms with Gasteiger partial charge in [-0.05, 0) is 43.3 Å². The van der Waals surface area contributed by atoms with E-state index in [4.69, 9.17) is 11.6 Å². The number of anilines is 2. The van der Waals surface area contributed by atoms with Crippen LogP contribution in [-0.2, 0) is 14.4 Å². The van der Waals surface area contributed by atoms with Crippen LogP contribution in [-0.4, -0.2) is 29.4 Å². The van der Waals surface area contributed by atoms with E-state index in [1.807, 2.05) is 19.1 Å². The summed E-state index contributed by atoms with van der Waals surface area (Å²) in [7, 11) is 0. The number of benzene rings is 2. The maximum Gasteiger partial charge on any atom is 0.259 e. The van der Waals surface area contributed by atoms with E-state index in [0.29, 0.717) is 16.4 Å². The van der Waals surface area contributed by atoms with Crippen LogP contribution in [0.1, 0.15) is 12.5 Å². The number of fused-ring (bicyclic) bond motifs is 1. The Balaban J connectivity index is 1.79. The number of amides is 2. The molecule has 0 spiro atoms. The summed E-state index contributed by atoms with van der Waals surface area (Å²) in [5.74, 6) is -2.07. The SMILES string of the molecule is CC(=O)C1=NN(c2ccc(Cl)cc2)[C@@H]2C(=O)N(c3ccc(C)cc3)C(=O)[C@@H]12. The molecule has 2 aliphatic heterocycles. The first-order valence-electron chi connectivity index (χ1n) is 8.47. The van der Waals surface area contributed by atoms with E-state index >= 15 is 0 Å². The number of nitrogens with zero attached hydrogens (tertiary/aromatic N) is 3. The molecule has 4 rings (SSSR count). The Bertz CT molecular complexity index is 983. The van der Waals surface area contributed by atoms with Crippen LogP contribution in [0.5, 0.6) is 0 Å². The van der Waals surface area contributed by atoms with Gasteiger partial charge in [0.25, 0.3) is 5.91 Å². The zero-order valence-electron chi connectivity index (χ0n) is 14.7. The van der Waals surface area contributed by atoms with E-state index in [1.54, 1.807) is 36.4 Å². The highest BCUT2D eigenvalue weighted by atomic mass is 35.5. The smallest absolute Gasteiger partial charge is 0.259 e. The summed E-state index contributed by atoms with van der Waals surface area (Å²) >= 11 is 5.94. The van der Waals surface area contributed by atoms with Crippen molar-refractivity contribution in [1.82, 2.24) is 0 Å². The predicted molar refractivity (Wildman–Crippen MR) is 103 cm³/mol. The molecule has 0 unspecified atom stereocenters. The number of ketones is 1. The van der Waals surface area contributed by atoms with Crippen LogP contribution in [0.4, 0.5) is 11.4 Å². The highest BCUT2D eigenvalue weighted by Gasteiger charge is 2.58. The fourth-order valence-electron chi connectivity index (χ4n) is 3.46.